The van der Waals surface area contributed by atoms with E-state index < -0.39 is 5.67 Å². The van der Waals surface area contributed by atoms with E-state index in [0.29, 0.717) is 29.3 Å². The molecule has 17 heavy (non-hydrogen) atoms. The van der Waals surface area contributed by atoms with Crippen molar-refractivity contribution in [3.05, 3.63) is 33.8 Å². The van der Waals surface area contributed by atoms with Gasteiger partial charge in [0.25, 0.3) is 0 Å². The van der Waals surface area contributed by atoms with Crippen LogP contribution >= 0.6 is 23.2 Å². The van der Waals surface area contributed by atoms with Crippen LogP contribution < -0.4 is 5.73 Å². The van der Waals surface area contributed by atoms with Crippen molar-refractivity contribution in [2.24, 2.45) is 5.73 Å². The zero-order valence-electron chi connectivity index (χ0n) is 9.56. The predicted octanol–water partition coefficient (Wildman–Crippen LogP) is 4.15. The molecule has 0 spiro atoms. The molecule has 2 N–H and O–H groups in total. The highest BCUT2D eigenvalue weighted by molar-refractivity contribution is 6.42. The van der Waals surface area contributed by atoms with Crippen LogP contribution in [0.3, 0.4) is 0 Å². The van der Waals surface area contributed by atoms with Crippen LogP contribution in [-0.2, 0) is 6.42 Å². The Hall–Kier alpha value is -0.310. The molecule has 1 aliphatic rings. The molecule has 4 heteroatoms. The number of hydrogen-bond acceptors (Lipinski definition) is 1. The highest BCUT2D eigenvalue weighted by atomic mass is 35.5. The van der Waals surface area contributed by atoms with E-state index in [1.165, 1.54) is 0 Å². The molecule has 1 aromatic rings. The molecular formula is C13H16Cl2FN. The first kappa shape index (κ1) is 13.1. The van der Waals surface area contributed by atoms with Gasteiger partial charge in [0.2, 0.25) is 0 Å². The van der Waals surface area contributed by atoms with Gasteiger partial charge in [0.15, 0.2) is 0 Å². The number of benzene rings is 1. The van der Waals surface area contributed by atoms with Gasteiger partial charge in [0, 0.05) is 12.5 Å². The summed E-state index contributed by atoms with van der Waals surface area (Å²) in [5.41, 5.74) is 5.38. The second-order valence-electron chi connectivity index (χ2n) is 4.90. The van der Waals surface area contributed by atoms with Gasteiger partial charge in [-0.15, -0.1) is 0 Å². The Labute approximate surface area is 111 Å². The predicted molar refractivity (Wildman–Crippen MR) is 70.4 cm³/mol. The van der Waals surface area contributed by atoms with Gasteiger partial charge < -0.3 is 5.73 Å². The second-order valence-corrected chi connectivity index (χ2v) is 5.68. The lowest BCUT2D eigenvalue weighted by Gasteiger charge is -2.33. The van der Waals surface area contributed by atoms with E-state index in [1.807, 2.05) is 6.07 Å². The quantitative estimate of drug-likeness (QED) is 0.863. The van der Waals surface area contributed by atoms with Crippen LogP contribution in [0.5, 0.6) is 0 Å². The Morgan fingerprint density at radius 3 is 2.88 bits per heavy atom. The minimum Gasteiger partial charge on any atom is -0.328 e. The Bertz CT molecular complexity index is 410. The molecule has 1 fully saturated rings. The second kappa shape index (κ2) is 5.13. The van der Waals surface area contributed by atoms with E-state index in [4.69, 9.17) is 28.9 Å². The lowest BCUT2D eigenvalue weighted by atomic mass is 9.80. The molecule has 0 radical (unpaired) electrons. The third-order valence-electron chi connectivity index (χ3n) is 3.37. The summed E-state index contributed by atoms with van der Waals surface area (Å²) >= 11 is 12.0. The minimum absolute atomic E-state index is 0.0355. The summed E-state index contributed by atoms with van der Waals surface area (Å²) in [6.45, 7) is 0. The topological polar surface area (TPSA) is 26.0 Å². The van der Waals surface area contributed by atoms with Gasteiger partial charge in [0.05, 0.1) is 10.0 Å². The van der Waals surface area contributed by atoms with E-state index >= 15 is 0 Å². The zero-order chi connectivity index (χ0) is 12.5. The number of hydrogen-bond donors (Lipinski definition) is 1. The fourth-order valence-corrected chi connectivity index (χ4v) is 2.93. The van der Waals surface area contributed by atoms with Crippen molar-refractivity contribution >= 4 is 23.2 Å². The maximum absolute atomic E-state index is 14.6. The molecule has 0 saturated heterocycles. The van der Waals surface area contributed by atoms with Gasteiger partial charge >= 0.3 is 0 Å². The molecule has 0 aromatic heterocycles. The Morgan fingerprint density at radius 2 is 2.18 bits per heavy atom. The van der Waals surface area contributed by atoms with Crippen molar-refractivity contribution in [1.29, 1.82) is 0 Å². The zero-order valence-corrected chi connectivity index (χ0v) is 11.1. The van der Waals surface area contributed by atoms with Crippen molar-refractivity contribution in [2.45, 2.75) is 43.8 Å². The van der Waals surface area contributed by atoms with E-state index in [9.17, 15) is 4.39 Å². The SMILES string of the molecule is NC1CCCC(F)(Cc2cccc(Cl)c2Cl)C1. The van der Waals surface area contributed by atoms with Crippen molar-refractivity contribution < 1.29 is 4.39 Å². The summed E-state index contributed by atoms with van der Waals surface area (Å²) in [5.74, 6) is 0. The van der Waals surface area contributed by atoms with Gasteiger partial charge in [-0.05, 0) is 37.3 Å². The Balaban J connectivity index is 2.17. The largest absolute Gasteiger partial charge is 0.328 e. The minimum atomic E-state index is -1.23. The maximum Gasteiger partial charge on any atom is 0.116 e. The first-order valence-corrected chi connectivity index (χ1v) is 6.63. The van der Waals surface area contributed by atoms with Crippen molar-refractivity contribution in [3.63, 3.8) is 0 Å². The molecule has 1 nitrogen and oxygen atoms in total. The van der Waals surface area contributed by atoms with Crippen LogP contribution in [-0.4, -0.2) is 11.7 Å². The molecule has 0 bridgehead atoms. The molecule has 1 saturated carbocycles. The average Bonchev–Trinajstić information content (AvgIpc) is 2.24. The lowest BCUT2D eigenvalue weighted by molar-refractivity contribution is 0.0965. The molecular weight excluding hydrogens is 260 g/mol. The molecule has 0 amide bonds. The number of halogens is 3. The van der Waals surface area contributed by atoms with Crippen LogP contribution in [0.25, 0.3) is 0 Å². The van der Waals surface area contributed by atoms with Gasteiger partial charge in [-0.2, -0.15) is 0 Å². The molecule has 1 aliphatic carbocycles. The van der Waals surface area contributed by atoms with Crippen LogP contribution in [0.4, 0.5) is 4.39 Å². The Morgan fingerprint density at radius 1 is 1.41 bits per heavy atom. The lowest BCUT2D eigenvalue weighted by Crippen LogP contribution is -2.39. The van der Waals surface area contributed by atoms with Crippen molar-refractivity contribution in [1.82, 2.24) is 0 Å². The van der Waals surface area contributed by atoms with E-state index in [2.05, 4.69) is 0 Å². The summed E-state index contributed by atoms with van der Waals surface area (Å²) in [4.78, 5) is 0. The molecule has 2 rings (SSSR count). The number of alkyl halides is 1. The summed E-state index contributed by atoms with van der Waals surface area (Å²) < 4.78 is 14.6. The van der Waals surface area contributed by atoms with Crippen LogP contribution in [0.1, 0.15) is 31.2 Å². The standard InChI is InChI=1S/C13H16Cl2FN/c14-11-5-1-3-9(12(11)15)7-13(16)6-2-4-10(17)8-13/h1,3,5,10H,2,4,6-8,17H2. The summed E-state index contributed by atoms with van der Waals surface area (Å²) in [5, 5.41) is 0.943. The van der Waals surface area contributed by atoms with E-state index in [1.54, 1.807) is 12.1 Å². The molecule has 2 unspecified atom stereocenters. The molecule has 0 aliphatic heterocycles. The van der Waals surface area contributed by atoms with Gasteiger partial charge in [0.1, 0.15) is 5.67 Å². The number of nitrogens with two attached hydrogens (primary N) is 1. The third-order valence-corrected chi connectivity index (χ3v) is 4.22. The van der Waals surface area contributed by atoms with Gasteiger partial charge in [-0.25, -0.2) is 4.39 Å². The van der Waals surface area contributed by atoms with Crippen molar-refractivity contribution in [2.75, 3.05) is 0 Å². The summed E-state index contributed by atoms with van der Waals surface area (Å²) in [7, 11) is 0. The molecule has 0 heterocycles. The molecule has 2 atom stereocenters. The fourth-order valence-electron chi connectivity index (χ4n) is 2.54. The highest BCUT2D eigenvalue weighted by Gasteiger charge is 2.35. The monoisotopic (exact) mass is 275 g/mol. The summed E-state index contributed by atoms with van der Waals surface area (Å²) in [6.07, 6.45) is 3.03. The Kier molecular flexibility index (Phi) is 3.96. The summed E-state index contributed by atoms with van der Waals surface area (Å²) in [6, 6.07) is 5.31. The highest BCUT2D eigenvalue weighted by Crippen LogP contribution is 2.37. The first-order chi connectivity index (χ1) is 8.00. The average molecular weight is 276 g/mol. The smallest absolute Gasteiger partial charge is 0.116 e. The normalized spacial score (nSPS) is 29.3. The van der Waals surface area contributed by atoms with Crippen molar-refractivity contribution in [3.8, 4) is 0 Å². The van der Waals surface area contributed by atoms with E-state index in [0.717, 1.165) is 18.4 Å². The van der Waals surface area contributed by atoms with Gasteiger partial charge in [-0.1, -0.05) is 35.3 Å². The first-order valence-electron chi connectivity index (χ1n) is 5.88. The van der Waals surface area contributed by atoms with Crippen LogP contribution in [0.2, 0.25) is 10.0 Å². The van der Waals surface area contributed by atoms with Gasteiger partial charge in [-0.3, -0.25) is 0 Å². The fraction of sp³-hybridized carbons (Fsp3) is 0.538. The number of rotatable bonds is 2. The maximum atomic E-state index is 14.6. The van der Waals surface area contributed by atoms with Crippen LogP contribution in [0.15, 0.2) is 18.2 Å². The molecule has 94 valence electrons. The molecule has 1 aromatic carbocycles. The van der Waals surface area contributed by atoms with E-state index in [-0.39, 0.29) is 6.04 Å². The third kappa shape index (κ3) is 3.12. The van der Waals surface area contributed by atoms with Crippen LogP contribution in [0, 0.1) is 0 Å².